The molecule has 0 unspecified atom stereocenters. The second-order valence-electron chi connectivity index (χ2n) is 5.33. The van der Waals surface area contributed by atoms with E-state index in [9.17, 15) is 0 Å². The third-order valence-corrected chi connectivity index (χ3v) is 4.20. The van der Waals surface area contributed by atoms with E-state index in [0.29, 0.717) is 6.61 Å². The number of benzene rings is 1. The van der Waals surface area contributed by atoms with Gasteiger partial charge in [0.2, 0.25) is 0 Å². The van der Waals surface area contributed by atoms with Gasteiger partial charge < -0.3 is 19.7 Å². The molecule has 0 spiro atoms. The van der Waals surface area contributed by atoms with Gasteiger partial charge in [0.15, 0.2) is 5.11 Å². The van der Waals surface area contributed by atoms with Crippen molar-refractivity contribution in [1.82, 2.24) is 15.1 Å². The van der Waals surface area contributed by atoms with Crippen LogP contribution in [0.5, 0.6) is 11.5 Å². The molecule has 23 heavy (non-hydrogen) atoms. The molecule has 1 aromatic rings. The van der Waals surface area contributed by atoms with E-state index >= 15 is 0 Å². The van der Waals surface area contributed by atoms with Crippen molar-refractivity contribution in [2.75, 3.05) is 53.0 Å². The summed E-state index contributed by atoms with van der Waals surface area (Å²) in [5, 5.41) is 4.00. The van der Waals surface area contributed by atoms with E-state index < -0.39 is 0 Å². The summed E-state index contributed by atoms with van der Waals surface area (Å²) in [6.45, 7) is 9.92. The van der Waals surface area contributed by atoms with Crippen molar-refractivity contribution in [2.24, 2.45) is 0 Å². The molecule has 0 saturated carbocycles. The number of nitrogens with zero attached hydrogens (tertiary/aromatic N) is 2. The molecular formula is C17H25N3O2S. The number of nitrogens with one attached hydrogen (secondary N) is 1. The van der Waals surface area contributed by atoms with Crippen LogP contribution in [-0.4, -0.2) is 67.9 Å². The van der Waals surface area contributed by atoms with Crippen LogP contribution in [-0.2, 0) is 0 Å². The first kappa shape index (κ1) is 17.6. The van der Waals surface area contributed by atoms with Gasteiger partial charge in [-0.1, -0.05) is 6.08 Å². The van der Waals surface area contributed by atoms with Crippen LogP contribution >= 0.6 is 12.2 Å². The van der Waals surface area contributed by atoms with Crippen LogP contribution in [0.2, 0.25) is 0 Å². The van der Waals surface area contributed by atoms with Crippen molar-refractivity contribution in [1.29, 1.82) is 0 Å². The quantitative estimate of drug-likeness (QED) is 0.604. The second kappa shape index (κ2) is 9.37. The summed E-state index contributed by atoms with van der Waals surface area (Å²) in [6.07, 6.45) is 1.82. The maximum Gasteiger partial charge on any atom is 0.169 e. The van der Waals surface area contributed by atoms with Gasteiger partial charge in [-0.2, -0.15) is 0 Å². The summed E-state index contributed by atoms with van der Waals surface area (Å²) in [5.41, 5.74) is 0. The zero-order valence-corrected chi connectivity index (χ0v) is 14.5. The largest absolute Gasteiger partial charge is 0.497 e. The van der Waals surface area contributed by atoms with Crippen LogP contribution in [0.15, 0.2) is 36.9 Å². The van der Waals surface area contributed by atoms with Crippen molar-refractivity contribution >= 4 is 17.3 Å². The first-order valence-corrected chi connectivity index (χ1v) is 8.26. The highest BCUT2D eigenvalue weighted by molar-refractivity contribution is 7.80. The third-order valence-electron chi connectivity index (χ3n) is 3.79. The Morgan fingerprint density at radius 1 is 1.22 bits per heavy atom. The molecule has 126 valence electrons. The third kappa shape index (κ3) is 5.73. The maximum absolute atomic E-state index is 5.78. The van der Waals surface area contributed by atoms with E-state index in [1.165, 1.54) is 0 Å². The van der Waals surface area contributed by atoms with Crippen LogP contribution in [0.3, 0.4) is 0 Å². The Bertz CT molecular complexity index is 499. The van der Waals surface area contributed by atoms with E-state index in [2.05, 4.69) is 21.7 Å². The molecule has 1 aliphatic heterocycles. The van der Waals surface area contributed by atoms with E-state index in [1.54, 1.807) is 7.11 Å². The summed E-state index contributed by atoms with van der Waals surface area (Å²) in [4.78, 5) is 4.61. The lowest BCUT2D eigenvalue weighted by Gasteiger charge is -2.36. The van der Waals surface area contributed by atoms with Crippen LogP contribution in [0, 0.1) is 0 Å². The number of piperazine rings is 1. The number of ether oxygens (including phenoxy) is 2. The highest BCUT2D eigenvalue weighted by atomic mass is 32.1. The molecule has 6 heteroatoms. The molecule has 0 amide bonds. The lowest BCUT2D eigenvalue weighted by atomic mass is 10.3. The van der Waals surface area contributed by atoms with E-state index in [-0.39, 0.29) is 0 Å². The minimum atomic E-state index is 0.686. The summed E-state index contributed by atoms with van der Waals surface area (Å²) >= 11 is 5.36. The van der Waals surface area contributed by atoms with Crippen molar-refractivity contribution in [2.45, 2.75) is 0 Å². The highest BCUT2D eigenvalue weighted by Gasteiger charge is 2.18. The fourth-order valence-corrected chi connectivity index (χ4v) is 2.68. The molecule has 5 nitrogen and oxygen atoms in total. The van der Waals surface area contributed by atoms with Gasteiger partial charge in [-0.05, 0) is 36.5 Å². The number of methoxy groups -OCH3 is 1. The Morgan fingerprint density at radius 2 is 1.87 bits per heavy atom. The van der Waals surface area contributed by atoms with Crippen LogP contribution in [0.25, 0.3) is 0 Å². The number of hydrogen-bond acceptors (Lipinski definition) is 4. The molecule has 1 saturated heterocycles. The van der Waals surface area contributed by atoms with Gasteiger partial charge in [0.05, 0.1) is 7.11 Å². The molecule has 0 radical (unpaired) electrons. The molecule has 1 heterocycles. The predicted octanol–water partition coefficient (Wildman–Crippen LogP) is 1.75. The lowest BCUT2D eigenvalue weighted by Crippen LogP contribution is -2.52. The summed E-state index contributed by atoms with van der Waals surface area (Å²) in [7, 11) is 1.66. The SMILES string of the molecule is C=CCNC(=S)N1CCN(CCOc2ccc(OC)cc2)CC1. The molecule has 1 aliphatic rings. The molecule has 1 N–H and O–H groups in total. The molecule has 0 atom stereocenters. The number of thiocarbonyl (C=S) groups is 1. The van der Waals surface area contributed by atoms with Crippen LogP contribution in [0.4, 0.5) is 0 Å². The van der Waals surface area contributed by atoms with Crippen molar-refractivity contribution in [3.05, 3.63) is 36.9 Å². The average Bonchev–Trinajstić information content (AvgIpc) is 2.61. The molecular weight excluding hydrogens is 310 g/mol. The molecule has 2 rings (SSSR count). The van der Waals surface area contributed by atoms with Crippen molar-refractivity contribution in [3.63, 3.8) is 0 Å². The minimum Gasteiger partial charge on any atom is -0.497 e. The molecule has 0 bridgehead atoms. The van der Waals surface area contributed by atoms with Gasteiger partial charge in [-0.15, -0.1) is 6.58 Å². The first-order chi connectivity index (χ1) is 11.2. The zero-order valence-electron chi connectivity index (χ0n) is 13.7. The molecule has 0 aliphatic carbocycles. The minimum absolute atomic E-state index is 0.686. The Hall–Kier alpha value is -1.79. The first-order valence-electron chi connectivity index (χ1n) is 7.86. The van der Waals surface area contributed by atoms with Crippen LogP contribution in [0.1, 0.15) is 0 Å². The normalized spacial score (nSPS) is 15.1. The van der Waals surface area contributed by atoms with Gasteiger partial charge in [-0.25, -0.2) is 0 Å². The van der Waals surface area contributed by atoms with Crippen LogP contribution < -0.4 is 14.8 Å². The average molecular weight is 335 g/mol. The monoisotopic (exact) mass is 335 g/mol. The molecule has 0 aromatic heterocycles. The topological polar surface area (TPSA) is 37.0 Å². The van der Waals surface area contributed by atoms with E-state index in [1.807, 2.05) is 30.3 Å². The van der Waals surface area contributed by atoms with Gasteiger partial charge in [0.1, 0.15) is 18.1 Å². The molecule has 1 fully saturated rings. The van der Waals surface area contributed by atoms with Gasteiger partial charge in [0, 0.05) is 39.3 Å². The summed E-state index contributed by atoms with van der Waals surface area (Å²) < 4.78 is 10.9. The Balaban J connectivity index is 1.64. The van der Waals surface area contributed by atoms with Crippen molar-refractivity contribution < 1.29 is 9.47 Å². The highest BCUT2D eigenvalue weighted by Crippen LogP contribution is 2.16. The number of rotatable bonds is 7. The van der Waals surface area contributed by atoms with Gasteiger partial charge >= 0.3 is 0 Å². The Kier molecular flexibility index (Phi) is 7.16. The fourth-order valence-electron chi connectivity index (χ4n) is 2.41. The lowest BCUT2D eigenvalue weighted by molar-refractivity contribution is 0.153. The number of hydrogen-bond donors (Lipinski definition) is 1. The second-order valence-corrected chi connectivity index (χ2v) is 5.71. The zero-order chi connectivity index (χ0) is 16.5. The van der Waals surface area contributed by atoms with Crippen molar-refractivity contribution in [3.8, 4) is 11.5 Å². The maximum atomic E-state index is 5.78. The van der Waals surface area contributed by atoms with Gasteiger partial charge in [0.25, 0.3) is 0 Å². The Labute approximate surface area is 143 Å². The standard InChI is InChI=1S/C17H25N3O2S/c1-3-8-18-17(23)20-11-9-19(10-12-20)13-14-22-16-6-4-15(21-2)5-7-16/h3-7H,1,8-14H2,2H3,(H,18,23). The Morgan fingerprint density at radius 3 is 2.48 bits per heavy atom. The van der Waals surface area contributed by atoms with E-state index in [0.717, 1.165) is 55.9 Å². The fraction of sp³-hybridized carbons (Fsp3) is 0.471. The van der Waals surface area contributed by atoms with Gasteiger partial charge in [-0.3, -0.25) is 4.90 Å². The smallest absolute Gasteiger partial charge is 0.169 e. The summed E-state index contributed by atoms with van der Waals surface area (Å²) in [6, 6.07) is 7.68. The van der Waals surface area contributed by atoms with E-state index in [4.69, 9.17) is 21.7 Å². The molecule has 1 aromatic carbocycles. The summed E-state index contributed by atoms with van der Waals surface area (Å²) in [5.74, 6) is 1.72. The predicted molar refractivity (Wildman–Crippen MR) is 97.3 cm³/mol.